The average Bonchev–Trinajstić information content (AvgIpc) is 2.73. The maximum atomic E-state index is 3.96. The summed E-state index contributed by atoms with van der Waals surface area (Å²) in [7, 11) is 0. The molecular weight excluding hydrogens is 314 g/mol. The van der Waals surface area contributed by atoms with E-state index in [2.05, 4.69) is 103 Å². The Morgan fingerprint density at radius 2 is 1.23 bits per heavy atom. The second-order valence-corrected chi connectivity index (χ2v) is 6.73. The smallest absolute Gasteiger partial charge is 0.0330 e. The second kappa shape index (κ2) is 9.17. The summed E-state index contributed by atoms with van der Waals surface area (Å²) in [6.45, 7) is 5.72. The molecule has 1 heteroatoms. The van der Waals surface area contributed by atoms with Crippen molar-refractivity contribution in [1.29, 1.82) is 0 Å². The fraction of sp³-hybridized carbons (Fsp3) is 0.200. The highest BCUT2D eigenvalue weighted by molar-refractivity contribution is 5.40. The first-order valence-corrected chi connectivity index (χ1v) is 9.32. The highest BCUT2D eigenvalue weighted by Gasteiger charge is 2.33. The van der Waals surface area contributed by atoms with Crippen molar-refractivity contribution in [2.75, 3.05) is 6.54 Å². The molecular formula is C25H27N. The van der Waals surface area contributed by atoms with Crippen molar-refractivity contribution < 1.29 is 0 Å². The third-order valence-electron chi connectivity index (χ3n) is 5.03. The largest absolute Gasteiger partial charge is 0.311 e. The van der Waals surface area contributed by atoms with E-state index in [9.17, 15) is 0 Å². The molecule has 3 aromatic rings. The molecule has 0 heterocycles. The highest BCUT2D eigenvalue weighted by Crippen LogP contribution is 2.36. The van der Waals surface area contributed by atoms with E-state index < -0.39 is 0 Å². The molecule has 0 amide bonds. The molecule has 0 atom stereocenters. The molecule has 0 aliphatic rings. The first-order valence-electron chi connectivity index (χ1n) is 9.32. The molecule has 0 aliphatic carbocycles. The molecule has 0 unspecified atom stereocenters. The summed E-state index contributed by atoms with van der Waals surface area (Å²) >= 11 is 0. The standard InChI is InChI=1S/C25H27N/c1-2-3-19-25(23-15-9-5-10-16-23,24-17-11-6-12-18-24)21-26-20-22-13-7-4-8-14-22/h2,4-18,26H,1,3,19-21H2. The van der Waals surface area contributed by atoms with Crippen LogP contribution in [-0.2, 0) is 12.0 Å². The van der Waals surface area contributed by atoms with Crippen LogP contribution in [0, 0.1) is 0 Å². The van der Waals surface area contributed by atoms with Gasteiger partial charge in [0.1, 0.15) is 0 Å². The molecule has 0 aliphatic heterocycles. The minimum Gasteiger partial charge on any atom is -0.311 e. The van der Waals surface area contributed by atoms with E-state index in [1.807, 2.05) is 6.08 Å². The Labute approximate surface area is 157 Å². The molecule has 3 aromatic carbocycles. The number of allylic oxidation sites excluding steroid dienone is 1. The van der Waals surface area contributed by atoms with Crippen molar-refractivity contribution in [3.8, 4) is 0 Å². The Balaban J connectivity index is 1.92. The predicted octanol–water partition coefficient (Wildman–Crippen LogP) is 5.73. The molecule has 0 aromatic heterocycles. The van der Waals surface area contributed by atoms with Gasteiger partial charge in [0.15, 0.2) is 0 Å². The van der Waals surface area contributed by atoms with E-state index >= 15 is 0 Å². The van der Waals surface area contributed by atoms with E-state index in [1.54, 1.807) is 0 Å². The molecule has 0 spiro atoms. The molecule has 0 saturated heterocycles. The van der Waals surface area contributed by atoms with Gasteiger partial charge in [0.2, 0.25) is 0 Å². The first-order chi connectivity index (χ1) is 12.8. The zero-order valence-electron chi connectivity index (χ0n) is 15.3. The van der Waals surface area contributed by atoms with Crippen LogP contribution in [0.4, 0.5) is 0 Å². The molecule has 3 rings (SSSR count). The van der Waals surface area contributed by atoms with Gasteiger partial charge < -0.3 is 5.32 Å². The summed E-state index contributed by atoms with van der Waals surface area (Å²) in [5.74, 6) is 0. The van der Waals surface area contributed by atoms with Gasteiger partial charge in [0, 0.05) is 18.5 Å². The monoisotopic (exact) mass is 341 g/mol. The van der Waals surface area contributed by atoms with E-state index in [1.165, 1.54) is 16.7 Å². The number of nitrogens with one attached hydrogen (secondary N) is 1. The Hall–Kier alpha value is -2.64. The van der Waals surface area contributed by atoms with Crippen LogP contribution in [-0.4, -0.2) is 6.54 Å². The summed E-state index contributed by atoms with van der Waals surface area (Å²) in [6.07, 6.45) is 4.04. The summed E-state index contributed by atoms with van der Waals surface area (Å²) in [6, 6.07) is 32.3. The van der Waals surface area contributed by atoms with Gasteiger partial charge in [-0.2, -0.15) is 0 Å². The maximum Gasteiger partial charge on any atom is 0.0330 e. The molecule has 0 fully saturated rings. The third-order valence-corrected chi connectivity index (χ3v) is 5.03. The Morgan fingerprint density at radius 1 is 0.731 bits per heavy atom. The zero-order valence-corrected chi connectivity index (χ0v) is 15.3. The van der Waals surface area contributed by atoms with Crippen LogP contribution in [0.15, 0.2) is 104 Å². The Morgan fingerprint density at radius 3 is 1.73 bits per heavy atom. The van der Waals surface area contributed by atoms with E-state index in [0.29, 0.717) is 0 Å². The van der Waals surface area contributed by atoms with E-state index in [0.717, 1.165) is 25.9 Å². The topological polar surface area (TPSA) is 12.0 Å². The van der Waals surface area contributed by atoms with Crippen molar-refractivity contribution in [1.82, 2.24) is 5.32 Å². The van der Waals surface area contributed by atoms with Crippen LogP contribution in [0.5, 0.6) is 0 Å². The van der Waals surface area contributed by atoms with Crippen molar-refractivity contribution in [3.63, 3.8) is 0 Å². The lowest BCUT2D eigenvalue weighted by Crippen LogP contribution is -2.39. The fourth-order valence-corrected chi connectivity index (χ4v) is 3.63. The average molecular weight is 341 g/mol. The van der Waals surface area contributed by atoms with Gasteiger partial charge in [0.05, 0.1) is 0 Å². The normalized spacial score (nSPS) is 11.2. The fourth-order valence-electron chi connectivity index (χ4n) is 3.63. The molecule has 0 radical (unpaired) electrons. The lowest BCUT2D eigenvalue weighted by Gasteiger charge is -2.35. The van der Waals surface area contributed by atoms with Crippen molar-refractivity contribution >= 4 is 0 Å². The van der Waals surface area contributed by atoms with Crippen LogP contribution in [0.3, 0.4) is 0 Å². The Kier molecular flexibility index (Phi) is 6.40. The summed E-state index contributed by atoms with van der Waals surface area (Å²) in [4.78, 5) is 0. The number of hydrogen-bond donors (Lipinski definition) is 1. The Bertz CT molecular complexity index is 739. The molecule has 1 nitrogen and oxygen atoms in total. The third kappa shape index (κ3) is 4.30. The maximum absolute atomic E-state index is 3.96. The van der Waals surface area contributed by atoms with Gasteiger partial charge in [-0.05, 0) is 29.5 Å². The molecule has 0 bridgehead atoms. The van der Waals surface area contributed by atoms with Gasteiger partial charge in [-0.25, -0.2) is 0 Å². The SMILES string of the molecule is C=CCCC(CNCc1ccccc1)(c1ccccc1)c1ccccc1. The van der Waals surface area contributed by atoms with Crippen molar-refractivity contribution in [2.45, 2.75) is 24.8 Å². The quantitative estimate of drug-likeness (QED) is 0.490. The van der Waals surface area contributed by atoms with Crippen molar-refractivity contribution in [2.24, 2.45) is 0 Å². The number of benzene rings is 3. The molecule has 132 valence electrons. The lowest BCUT2D eigenvalue weighted by molar-refractivity contribution is 0.435. The zero-order chi connectivity index (χ0) is 18.1. The van der Waals surface area contributed by atoms with Gasteiger partial charge in [-0.3, -0.25) is 0 Å². The minimum absolute atomic E-state index is 0.0640. The number of rotatable bonds is 9. The van der Waals surface area contributed by atoms with Crippen LogP contribution < -0.4 is 5.32 Å². The van der Waals surface area contributed by atoms with Crippen LogP contribution in [0.1, 0.15) is 29.5 Å². The first kappa shape index (κ1) is 18.2. The van der Waals surface area contributed by atoms with Gasteiger partial charge in [0.25, 0.3) is 0 Å². The van der Waals surface area contributed by atoms with Crippen LogP contribution in [0.25, 0.3) is 0 Å². The summed E-state index contributed by atoms with van der Waals surface area (Å²) < 4.78 is 0. The minimum atomic E-state index is -0.0640. The molecule has 0 saturated carbocycles. The molecule has 1 N–H and O–H groups in total. The second-order valence-electron chi connectivity index (χ2n) is 6.73. The van der Waals surface area contributed by atoms with Gasteiger partial charge in [-0.1, -0.05) is 97.1 Å². The van der Waals surface area contributed by atoms with Gasteiger partial charge >= 0.3 is 0 Å². The van der Waals surface area contributed by atoms with Gasteiger partial charge in [-0.15, -0.1) is 6.58 Å². The van der Waals surface area contributed by atoms with E-state index in [4.69, 9.17) is 0 Å². The predicted molar refractivity (Wildman–Crippen MR) is 111 cm³/mol. The number of hydrogen-bond acceptors (Lipinski definition) is 1. The lowest BCUT2D eigenvalue weighted by atomic mass is 9.71. The summed E-state index contributed by atoms with van der Waals surface area (Å²) in [5, 5.41) is 3.71. The molecule has 26 heavy (non-hydrogen) atoms. The van der Waals surface area contributed by atoms with Crippen molar-refractivity contribution in [3.05, 3.63) is 120 Å². The van der Waals surface area contributed by atoms with Crippen LogP contribution >= 0.6 is 0 Å². The highest BCUT2D eigenvalue weighted by atomic mass is 14.9. The summed E-state index contributed by atoms with van der Waals surface area (Å²) in [5.41, 5.74) is 3.96. The van der Waals surface area contributed by atoms with Crippen LogP contribution in [0.2, 0.25) is 0 Å². The van der Waals surface area contributed by atoms with E-state index in [-0.39, 0.29) is 5.41 Å².